The second-order valence-electron chi connectivity index (χ2n) is 10.9. The van der Waals surface area contributed by atoms with Crippen LogP contribution in [0, 0.1) is 6.92 Å². The minimum Gasteiger partial charge on any atom is -0.497 e. The second kappa shape index (κ2) is 13.5. The Balaban J connectivity index is 1.38. The van der Waals surface area contributed by atoms with Crippen molar-refractivity contribution in [1.29, 1.82) is 0 Å². The highest BCUT2D eigenvalue weighted by molar-refractivity contribution is 5.91. The van der Waals surface area contributed by atoms with Gasteiger partial charge in [0.1, 0.15) is 41.2 Å². The SMILES string of the molecule is CCC(=O)CCCCC[C@H](NC(=O)Cc1c(C)[nH]c2ccc(OC)cc12)c1ncc(-[n+]2ccc(OC)c3ccccc32)[nH]1. The first-order valence-electron chi connectivity index (χ1n) is 14.9. The number of para-hydroxylation sites is 1. The maximum absolute atomic E-state index is 13.5. The molecule has 9 nitrogen and oxygen atoms in total. The lowest BCUT2D eigenvalue weighted by Crippen LogP contribution is -2.33. The number of aromatic amines is 2. The summed E-state index contributed by atoms with van der Waals surface area (Å²) in [6.45, 7) is 3.89. The third-order valence-corrected chi connectivity index (χ3v) is 8.04. The molecule has 0 fully saturated rings. The summed E-state index contributed by atoms with van der Waals surface area (Å²) < 4.78 is 13.0. The molecule has 0 radical (unpaired) electrons. The first-order chi connectivity index (χ1) is 20.9. The smallest absolute Gasteiger partial charge is 0.304 e. The van der Waals surface area contributed by atoms with Crippen LogP contribution in [-0.2, 0) is 16.0 Å². The van der Waals surface area contributed by atoms with E-state index in [4.69, 9.17) is 14.5 Å². The van der Waals surface area contributed by atoms with Crippen molar-refractivity contribution in [3.63, 3.8) is 0 Å². The van der Waals surface area contributed by atoms with Crippen molar-refractivity contribution in [2.75, 3.05) is 14.2 Å². The van der Waals surface area contributed by atoms with Crippen LogP contribution in [0.5, 0.6) is 11.5 Å². The number of methoxy groups -OCH3 is 2. The molecule has 0 unspecified atom stereocenters. The molecule has 3 heterocycles. The number of nitrogens with one attached hydrogen (secondary N) is 3. The minimum atomic E-state index is -0.312. The normalized spacial score (nSPS) is 12.0. The number of ketones is 1. The number of hydrogen-bond acceptors (Lipinski definition) is 5. The van der Waals surface area contributed by atoms with Crippen LogP contribution in [0.3, 0.4) is 0 Å². The molecule has 3 N–H and O–H groups in total. The van der Waals surface area contributed by atoms with E-state index >= 15 is 0 Å². The van der Waals surface area contributed by atoms with Gasteiger partial charge in [-0.15, -0.1) is 0 Å². The van der Waals surface area contributed by atoms with Crippen LogP contribution < -0.4 is 19.4 Å². The molecule has 0 aliphatic heterocycles. The third-order valence-electron chi connectivity index (χ3n) is 8.04. The Bertz CT molecular complexity index is 1740. The number of amides is 1. The lowest BCUT2D eigenvalue weighted by atomic mass is 10.0. The fourth-order valence-electron chi connectivity index (χ4n) is 5.64. The van der Waals surface area contributed by atoms with Crippen molar-refractivity contribution < 1.29 is 23.6 Å². The van der Waals surface area contributed by atoms with E-state index in [1.165, 1.54) is 0 Å². The number of aromatic nitrogens is 4. The van der Waals surface area contributed by atoms with Crippen LogP contribution in [0.1, 0.15) is 68.6 Å². The van der Waals surface area contributed by atoms with Gasteiger partial charge in [0.2, 0.25) is 11.7 Å². The Morgan fingerprint density at radius 2 is 1.84 bits per heavy atom. The number of pyridine rings is 1. The lowest BCUT2D eigenvalue weighted by Gasteiger charge is -2.15. The van der Waals surface area contributed by atoms with Crippen molar-refractivity contribution >= 4 is 33.5 Å². The fraction of sp³-hybridized carbons (Fsp3) is 0.353. The number of hydrogen-bond donors (Lipinski definition) is 3. The molecule has 43 heavy (non-hydrogen) atoms. The predicted molar refractivity (Wildman–Crippen MR) is 167 cm³/mol. The van der Waals surface area contributed by atoms with E-state index in [0.29, 0.717) is 25.1 Å². The summed E-state index contributed by atoms with van der Waals surface area (Å²) in [7, 11) is 3.31. The van der Waals surface area contributed by atoms with Crippen LogP contribution in [0.4, 0.5) is 0 Å². The number of carbonyl (C=O) groups excluding carboxylic acids is 2. The maximum Gasteiger partial charge on any atom is 0.304 e. The van der Waals surface area contributed by atoms with Crippen LogP contribution in [0.25, 0.3) is 27.6 Å². The molecule has 0 saturated heterocycles. The number of nitrogens with zero attached hydrogens (tertiary/aromatic N) is 2. The molecule has 2 aromatic carbocycles. The molecule has 3 aromatic heterocycles. The molecular weight excluding hydrogens is 542 g/mol. The van der Waals surface area contributed by atoms with Crippen LogP contribution in [0.15, 0.2) is 60.9 Å². The van der Waals surface area contributed by atoms with E-state index < -0.39 is 0 Å². The predicted octanol–water partition coefficient (Wildman–Crippen LogP) is 5.98. The van der Waals surface area contributed by atoms with Gasteiger partial charge in [-0.3, -0.25) is 9.59 Å². The van der Waals surface area contributed by atoms with E-state index in [0.717, 1.165) is 69.6 Å². The largest absolute Gasteiger partial charge is 0.497 e. The van der Waals surface area contributed by atoms with Gasteiger partial charge in [-0.05, 0) is 55.7 Å². The Hall–Kier alpha value is -4.66. The van der Waals surface area contributed by atoms with Gasteiger partial charge in [-0.1, -0.05) is 31.9 Å². The zero-order valence-corrected chi connectivity index (χ0v) is 25.3. The highest BCUT2D eigenvalue weighted by Gasteiger charge is 2.24. The van der Waals surface area contributed by atoms with Gasteiger partial charge in [0.25, 0.3) is 0 Å². The Labute approximate surface area is 251 Å². The Kier molecular flexibility index (Phi) is 9.39. The number of aryl methyl sites for hydroxylation is 1. The number of H-pyrrole nitrogens is 2. The number of benzene rings is 2. The van der Waals surface area contributed by atoms with Gasteiger partial charge >= 0.3 is 5.82 Å². The molecule has 0 aliphatic rings. The second-order valence-corrected chi connectivity index (χ2v) is 10.9. The van der Waals surface area contributed by atoms with Gasteiger partial charge in [0.15, 0.2) is 0 Å². The van der Waals surface area contributed by atoms with Crippen molar-refractivity contribution in [2.24, 2.45) is 0 Å². The van der Waals surface area contributed by atoms with Crippen molar-refractivity contribution in [3.05, 3.63) is 78.0 Å². The van der Waals surface area contributed by atoms with E-state index in [1.54, 1.807) is 20.4 Å². The number of ether oxygens (including phenoxy) is 2. The summed E-state index contributed by atoms with van der Waals surface area (Å²) in [5, 5.41) is 5.21. The van der Waals surface area contributed by atoms with E-state index in [-0.39, 0.29) is 24.2 Å². The number of imidazole rings is 1. The topological polar surface area (TPSA) is 113 Å². The van der Waals surface area contributed by atoms with E-state index in [2.05, 4.69) is 15.3 Å². The van der Waals surface area contributed by atoms with Crippen molar-refractivity contribution in [1.82, 2.24) is 20.3 Å². The molecule has 0 spiro atoms. The number of unbranched alkanes of at least 4 members (excludes halogenated alkanes) is 2. The van der Waals surface area contributed by atoms with Gasteiger partial charge in [0.05, 0.1) is 26.0 Å². The average molecular weight is 583 g/mol. The maximum atomic E-state index is 13.5. The molecule has 0 aliphatic carbocycles. The molecule has 1 amide bonds. The minimum absolute atomic E-state index is 0.0847. The summed E-state index contributed by atoms with van der Waals surface area (Å²) in [6.07, 6.45) is 8.47. The van der Waals surface area contributed by atoms with Crippen molar-refractivity contribution in [3.8, 4) is 17.3 Å². The lowest BCUT2D eigenvalue weighted by molar-refractivity contribution is -0.571. The van der Waals surface area contributed by atoms with Crippen LogP contribution in [0.2, 0.25) is 0 Å². The van der Waals surface area contributed by atoms with Gasteiger partial charge < -0.3 is 19.8 Å². The Morgan fingerprint density at radius 1 is 1.00 bits per heavy atom. The van der Waals surface area contributed by atoms with Crippen LogP contribution >= 0.6 is 0 Å². The molecular formula is C34H40N5O4+. The molecule has 5 aromatic rings. The highest BCUT2D eigenvalue weighted by atomic mass is 16.5. The first-order valence-corrected chi connectivity index (χ1v) is 14.9. The Morgan fingerprint density at radius 3 is 2.63 bits per heavy atom. The van der Waals surface area contributed by atoms with Crippen LogP contribution in [-0.4, -0.2) is 40.9 Å². The van der Waals surface area contributed by atoms with Gasteiger partial charge in [-0.2, -0.15) is 4.57 Å². The monoisotopic (exact) mass is 582 g/mol. The van der Waals surface area contributed by atoms with Gasteiger partial charge in [-0.25, -0.2) is 9.97 Å². The molecule has 9 heteroatoms. The summed E-state index contributed by atoms with van der Waals surface area (Å²) in [4.78, 5) is 36.9. The zero-order chi connectivity index (χ0) is 30.3. The standard InChI is InChI=1S/C34H39N5O4/c1-5-23(40)11-7-6-8-13-29(37-33(41)20-26-22(2)36-28-16-15-24(42-3)19-27(26)28)34-35-21-32(38-34)39-18-17-31(43-4)25-12-9-10-14-30(25)39/h9-10,12,14-19,21,29,36H,5-8,11,13,20H2,1-4H3,(H-,35,37,38,41)/p+1/t29-/m0/s1. The molecule has 0 saturated carbocycles. The number of rotatable bonds is 14. The van der Waals surface area contributed by atoms with Gasteiger partial charge in [0, 0.05) is 35.5 Å². The summed E-state index contributed by atoms with van der Waals surface area (Å²) >= 11 is 0. The summed E-state index contributed by atoms with van der Waals surface area (Å²) in [5.74, 6) is 3.23. The van der Waals surface area contributed by atoms with Crippen molar-refractivity contribution in [2.45, 2.75) is 64.8 Å². The molecule has 1 atom stereocenters. The molecule has 0 bridgehead atoms. The summed E-state index contributed by atoms with van der Waals surface area (Å²) in [6, 6.07) is 15.5. The third kappa shape index (κ3) is 6.71. The number of fused-ring (bicyclic) bond motifs is 2. The fourth-order valence-corrected chi connectivity index (χ4v) is 5.64. The quantitative estimate of drug-likeness (QED) is 0.110. The average Bonchev–Trinajstić information content (AvgIpc) is 3.63. The van der Waals surface area contributed by atoms with E-state index in [1.807, 2.05) is 73.1 Å². The number of Topliss-reactive ketones (excluding diaryl/α,β-unsaturated/α-hetero) is 1. The molecule has 224 valence electrons. The molecule has 5 rings (SSSR count). The highest BCUT2D eigenvalue weighted by Crippen LogP contribution is 2.28. The first kappa shape index (κ1) is 29.8. The summed E-state index contributed by atoms with van der Waals surface area (Å²) in [5.41, 5.74) is 3.85. The number of carbonyl (C=O) groups is 2. The zero-order valence-electron chi connectivity index (χ0n) is 25.3. The van der Waals surface area contributed by atoms with E-state index in [9.17, 15) is 9.59 Å².